The van der Waals surface area contributed by atoms with Crippen LogP contribution in [-0.4, -0.2) is 16.1 Å². The van der Waals surface area contributed by atoms with Gasteiger partial charge in [0.25, 0.3) is 5.91 Å². The van der Waals surface area contributed by atoms with E-state index in [-0.39, 0.29) is 5.56 Å². The van der Waals surface area contributed by atoms with Crippen molar-refractivity contribution in [1.82, 2.24) is 0 Å². The molecule has 0 atom stereocenters. The fourth-order valence-electron chi connectivity index (χ4n) is 1.51. The van der Waals surface area contributed by atoms with Gasteiger partial charge in [-0.05, 0) is 18.2 Å². The lowest BCUT2D eigenvalue weighted by Crippen LogP contribution is -2.14. The maximum absolute atomic E-state index is 13.3. The van der Waals surface area contributed by atoms with E-state index in [1.165, 1.54) is 0 Å². The third-order valence-electron chi connectivity index (χ3n) is 2.48. The monoisotopic (exact) mass is 283 g/mol. The van der Waals surface area contributed by atoms with Gasteiger partial charge in [0.2, 0.25) is 0 Å². The SMILES string of the molecule is O=C(Nc1c(F)cc(F)cc1F)c1ccc(O)c(O)c1. The molecular formula is C13H8F3NO3. The molecular weight excluding hydrogens is 275 g/mol. The van der Waals surface area contributed by atoms with Gasteiger partial charge in [-0.2, -0.15) is 0 Å². The summed E-state index contributed by atoms with van der Waals surface area (Å²) in [6.07, 6.45) is 0. The Balaban J connectivity index is 2.30. The van der Waals surface area contributed by atoms with E-state index in [1.807, 2.05) is 5.32 Å². The molecule has 0 aliphatic rings. The number of halogens is 3. The lowest BCUT2D eigenvalue weighted by Gasteiger charge is -2.08. The first kappa shape index (κ1) is 13.7. The van der Waals surface area contributed by atoms with E-state index in [2.05, 4.69) is 0 Å². The van der Waals surface area contributed by atoms with Crippen LogP contribution < -0.4 is 5.32 Å². The second-order valence-corrected chi connectivity index (χ2v) is 3.90. The topological polar surface area (TPSA) is 69.6 Å². The molecule has 0 aliphatic heterocycles. The molecule has 4 nitrogen and oxygen atoms in total. The summed E-state index contributed by atoms with van der Waals surface area (Å²) in [4.78, 5) is 11.7. The van der Waals surface area contributed by atoms with Crippen molar-refractivity contribution in [1.29, 1.82) is 0 Å². The molecule has 3 N–H and O–H groups in total. The second kappa shape index (κ2) is 5.12. The van der Waals surface area contributed by atoms with Crippen LogP contribution in [0.15, 0.2) is 30.3 Å². The highest BCUT2D eigenvalue weighted by atomic mass is 19.1. The van der Waals surface area contributed by atoms with Crippen molar-refractivity contribution in [2.24, 2.45) is 0 Å². The largest absolute Gasteiger partial charge is 0.504 e. The summed E-state index contributed by atoms with van der Waals surface area (Å²) in [6, 6.07) is 3.95. The molecule has 2 aromatic rings. The zero-order valence-electron chi connectivity index (χ0n) is 9.82. The molecule has 20 heavy (non-hydrogen) atoms. The van der Waals surface area contributed by atoms with Gasteiger partial charge < -0.3 is 15.5 Å². The standard InChI is InChI=1S/C13H8F3NO3/c14-7-4-8(15)12(9(16)5-7)17-13(20)6-1-2-10(18)11(19)3-6/h1-5,18-19H,(H,17,20). The van der Waals surface area contributed by atoms with E-state index >= 15 is 0 Å². The van der Waals surface area contributed by atoms with Crippen LogP contribution >= 0.6 is 0 Å². The molecule has 0 radical (unpaired) electrons. The molecule has 0 bridgehead atoms. The number of rotatable bonds is 2. The predicted molar refractivity (Wildman–Crippen MR) is 64.0 cm³/mol. The number of benzene rings is 2. The number of nitrogens with one attached hydrogen (secondary N) is 1. The quantitative estimate of drug-likeness (QED) is 0.742. The van der Waals surface area contributed by atoms with Crippen LogP contribution in [0.1, 0.15) is 10.4 Å². The van der Waals surface area contributed by atoms with Crippen molar-refractivity contribution in [2.45, 2.75) is 0 Å². The number of hydrogen-bond acceptors (Lipinski definition) is 3. The van der Waals surface area contributed by atoms with E-state index in [0.29, 0.717) is 12.1 Å². The molecule has 7 heteroatoms. The van der Waals surface area contributed by atoms with Crippen molar-refractivity contribution < 1.29 is 28.2 Å². The van der Waals surface area contributed by atoms with E-state index < -0.39 is 40.5 Å². The van der Waals surface area contributed by atoms with Gasteiger partial charge in [-0.3, -0.25) is 4.79 Å². The van der Waals surface area contributed by atoms with Crippen LogP contribution in [0, 0.1) is 17.5 Å². The van der Waals surface area contributed by atoms with Gasteiger partial charge in [-0.15, -0.1) is 0 Å². The molecule has 0 saturated carbocycles. The third kappa shape index (κ3) is 2.66. The fraction of sp³-hybridized carbons (Fsp3) is 0. The summed E-state index contributed by atoms with van der Waals surface area (Å²) in [5.41, 5.74) is -0.938. The fourth-order valence-corrected chi connectivity index (χ4v) is 1.51. The molecule has 0 unspecified atom stereocenters. The molecule has 0 spiro atoms. The zero-order valence-corrected chi connectivity index (χ0v) is 9.82. The summed E-state index contributed by atoms with van der Waals surface area (Å²) in [6.45, 7) is 0. The summed E-state index contributed by atoms with van der Waals surface area (Å²) in [5, 5.41) is 20.2. The van der Waals surface area contributed by atoms with Crippen LogP contribution in [0.5, 0.6) is 11.5 Å². The minimum absolute atomic E-state index is 0.136. The van der Waals surface area contributed by atoms with Crippen molar-refractivity contribution >= 4 is 11.6 Å². The van der Waals surface area contributed by atoms with Crippen LogP contribution in [0.4, 0.5) is 18.9 Å². The van der Waals surface area contributed by atoms with Crippen molar-refractivity contribution in [3.8, 4) is 11.5 Å². The average Bonchev–Trinajstić information content (AvgIpc) is 2.36. The number of aromatic hydroxyl groups is 2. The number of anilines is 1. The Morgan fingerprint density at radius 3 is 2.10 bits per heavy atom. The first-order valence-corrected chi connectivity index (χ1v) is 5.36. The van der Waals surface area contributed by atoms with Gasteiger partial charge in [-0.25, -0.2) is 13.2 Å². The molecule has 0 saturated heterocycles. The lowest BCUT2D eigenvalue weighted by molar-refractivity contribution is 0.102. The maximum Gasteiger partial charge on any atom is 0.255 e. The van der Waals surface area contributed by atoms with Gasteiger partial charge in [0.1, 0.15) is 11.5 Å². The number of phenols is 2. The average molecular weight is 283 g/mol. The molecule has 104 valence electrons. The molecule has 0 heterocycles. The van der Waals surface area contributed by atoms with Crippen LogP contribution in [0.2, 0.25) is 0 Å². The summed E-state index contributed by atoms with van der Waals surface area (Å²) in [7, 11) is 0. The Kier molecular flexibility index (Phi) is 3.51. The highest BCUT2D eigenvalue weighted by Gasteiger charge is 2.16. The van der Waals surface area contributed by atoms with Crippen molar-refractivity contribution in [2.75, 3.05) is 5.32 Å². The second-order valence-electron chi connectivity index (χ2n) is 3.90. The van der Waals surface area contributed by atoms with Crippen molar-refractivity contribution in [3.63, 3.8) is 0 Å². The van der Waals surface area contributed by atoms with E-state index in [4.69, 9.17) is 5.11 Å². The van der Waals surface area contributed by atoms with Crippen LogP contribution in [0.25, 0.3) is 0 Å². The first-order valence-electron chi connectivity index (χ1n) is 5.36. The van der Waals surface area contributed by atoms with Gasteiger partial charge in [0.15, 0.2) is 23.1 Å². The minimum Gasteiger partial charge on any atom is -0.504 e. The van der Waals surface area contributed by atoms with Gasteiger partial charge in [-0.1, -0.05) is 0 Å². The van der Waals surface area contributed by atoms with Crippen LogP contribution in [0.3, 0.4) is 0 Å². The highest BCUT2D eigenvalue weighted by molar-refractivity contribution is 6.04. The van der Waals surface area contributed by atoms with E-state index in [9.17, 15) is 23.1 Å². The number of phenolic OH excluding ortho intramolecular Hbond substituents is 2. The predicted octanol–water partition coefficient (Wildman–Crippen LogP) is 2.77. The molecule has 0 fully saturated rings. The number of carbonyl (C=O) groups excluding carboxylic acids is 1. The molecule has 2 aromatic carbocycles. The number of hydrogen-bond donors (Lipinski definition) is 3. The number of amides is 1. The zero-order chi connectivity index (χ0) is 14.9. The smallest absolute Gasteiger partial charge is 0.255 e. The summed E-state index contributed by atoms with van der Waals surface area (Å²) < 4.78 is 39.4. The maximum atomic E-state index is 13.3. The summed E-state index contributed by atoms with van der Waals surface area (Å²) in [5.74, 6) is -5.57. The normalized spacial score (nSPS) is 10.3. The lowest BCUT2D eigenvalue weighted by atomic mass is 10.2. The van der Waals surface area contributed by atoms with Crippen molar-refractivity contribution in [3.05, 3.63) is 53.3 Å². The Morgan fingerprint density at radius 2 is 1.55 bits per heavy atom. The highest BCUT2D eigenvalue weighted by Crippen LogP contribution is 2.26. The Hall–Kier alpha value is -2.70. The van der Waals surface area contributed by atoms with Gasteiger partial charge in [0, 0.05) is 17.7 Å². The van der Waals surface area contributed by atoms with E-state index in [0.717, 1.165) is 18.2 Å². The minimum atomic E-state index is -1.26. The molecule has 0 aromatic heterocycles. The third-order valence-corrected chi connectivity index (χ3v) is 2.48. The van der Waals surface area contributed by atoms with Gasteiger partial charge >= 0.3 is 0 Å². The van der Waals surface area contributed by atoms with Crippen LogP contribution in [-0.2, 0) is 0 Å². The Morgan fingerprint density at radius 1 is 0.950 bits per heavy atom. The Bertz CT molecular complexity index is 666. The molecule has 0 aliphatic carbocycles. The van der Waals surface area contributed by atoms with E-state index in [1.54, 1.807) is 0 Å². The molecule has 1 amide bonds. The molecule has 2 rings (SSSR count). The van der Waals surface area contributed by atoms with Gasteiger partial charge in [0.05, 0.1) is 0 Å². The number of carbonyl (C=O) groups is 1. The first-order chi connectivity index (χ1) is 9.38. The Labute approximate surface area is 111 Å². The summed E-state index contributed by atoms with van der Waals surface area (Å²) >= 11 is 0.